The van der Waals surface area contributed by atoms with E-state index in [0.717, 1.165) is 22.2 Å². The number of benzene rings is 2. The van der Waals surface area contributed by atoms with Crippen molar-refractivity contribution in [1.82, 2.24) is 9.97 Å². The van der Waals surface area contributed by atoms with Gasteiger partial charge in [0.15, 0.2) is 0 Å². The zero-order chi connectivity index (χ0) is 22.1. The number of anilines is 1. The molecule has 0 saturated heterocycles. The quantitative estimate of drug-likeness (QED) is 0.486. The number of rotatable bonds is 5. The highest BCUT2D eigenvalue weighted by Gasteiger charge is 2.37. The standard InChI is InChI=1S/C25H21N3O4/c1-15-24(25(29)28-23-5-3-4-11-27-23)19-9-7-17(14-22(19)31-15)32-21-10-12-26-20-13-16(30-2)6-8-18(20)21/h3-15,24H,1-2H3,(H,27,28,29). The first kappa shape index (κ1) is 19.8. The summed E-state index contributed by atoms with van der Waals surface area (Å²) in [5.41, 5.74) is 1.60. The highest BCUT2D eigenvalue weighted by Crippen LogP contribution is 2.42. The third kappa shape index (κ3) is 3.69. The molecule has 2 aromatic heterocycles. The van der Waals surface area contributed by atoms with Crippen molar-refractivity contribution in [1.29, 1.82) is 0 Å². The van der Waals surface area contributed by atoms with Crippen LogP contribution in [0.3, 0.4) is 0 Å². The molecule has 1 N–H and O–H groups in total. The second kappa shape index (κ2) is 8.19. The number of nitrogens with zero attached hydrogens (tertiary/aromatic N) is 2. The number of hydrogen-bond donors (Lipinski definition) is 1. The van der Waals surface area contributed by atoms with Crippen LogP contribution in [0.5, 0.6) is 23.0 Å². The van der Waals surface area contributed by atoms with Crippen molar-refractivity contribution in [3.63, 3.8) is 0 Å². The van der Waals surface area contributed by atoms with Gasteiger partial charge < -0.3 is 19.5 Å². The molecule has 1 aliphatic rings. The predicted octanol–water partition coefficient (Wildman–Crippen LogP) is 4.93. The van der Waals surface area contributed by atoms with Gasteiger partial charge in [-0.1, -0.05) is 12.1 Å². The molecular weight excluding hydrogens is 406 g/mol. The predicted molar refractivity (Wildman–Crippen MR) is 121 cm³/mol. The van der Waals surface area contributed by atoms with Crippen LogP contribution in [-0.4, -0.2) is 29.1 Å². The third-order valence-electron chi connectivity index (χ3n) is 5.44. The van der Waals surface area contributed by atoms with Gasteiger partial charge in [-0.25, -0.2) is 4.98 Å². The fraction of sp³-hybridized carbons (Fsp3) is 0.160. The summed E-state index contributed by atoms with van der Waals surface area (Å²) >= 11 is 0. The molecule has 3 heterocycles. The van der Waals surface area contributed by atoms with Gasteiger partial charge in [0.2, 0.25) is 5.91 Å². The minimum absolute atomic E-state index is 0.155. The smallest absolute Gasteiger partial charge is 0.236 e. The number of methoxy groups -OCH3 is 1. The second-order valence-corrected chi connectivity index (χ2v) is 7.50. The van der Waals surface area contributed by atoms with E-state index in [0.29, 0.717) is 23.1 Å². The number of carbonyl (C=O) groups is 1. The number of fused-ring (bicyclic) bond motifs is 2. The molecule has 7 heteroatoms. The maximum absolute atomic E-state index is 12.9. The summed E-state index contributed by atoms with van der Waals surface area (Å²) in [5.74, 6) is 2.58. The van der Waals surface area contributed by atoms with Gasteiger partial charge in [-0.2, -0.15) is 0 Å². The lowest BCUT2D eigenvalue weighted by Gasteiger charge is -2.14. The Morgan fingerprint density at radius 1 is 1.00 bits per heavy atom. The molecule has 0 aliphatic carbocycles. The van der Waals surface area contributed by atoms with Crippen LogP contribution in [-0.2, 0) is 4.79 Å². The molecule has 0 spiro atoms. The van der Waals surface area contributed by atoms with Crippen LogP contribution < -0.4 is 19.5 Å². The van der Waals surface area contributed by atoms with Crippen molar-refractivity contribution in [2.75, 3.05) is 12.4 Å². The number of hydrogen-bond acceptors (Lipinski definition) is 6. The maximum atomic E-state index is 12.9. The van der Waals surface area contributed by atoms with Gasteiger partial charge >= 0.3 is 0 Å². The van der Waals surface area contributed by atoms with Crippen LogP contribution in [0.15, 0.2) is 73.1 Å². The van der Waals surface area contributed by atoms with Crippen molar-refractivity contribution >= 4 is 22.6 Å². The van der Waals surface area contributed by atoms with Gasteiger partial charge in [-0.05, 0) is 43.3 Å². The van der Waals surface area contributed by atoms with Crippen LogP contribution in [0.4, 0.5) is 5.82 Å². The Labute approximate surface area is 185 Å². The third-order valence-corrected chi connectivity index (χ3v) is 5.44. The summed E-state index contributed by atoms with van der Waals surface area (Å²) in [6, 6.07) is 18.4. The number of nitrogens with one attached hydrogen (secondary N) is 1. The molecule has 2 atom stereocenters. The Kier molecular flexibility index (Phi) is 5.07. The average molecular weight is 427 g/mol. The highest BCUT2D eigenvalue weighted by atomic mass is 16.5. The fourth-order valence-electron chi connectivity index (χ4n) is 3.90. The van der Waals surface area contributed by atoms with Crippen LogP contribution in [0.25, 0.3) is 10.9 Å². The molecule has 32 heavy (non-hydrogen) atoms. The van der Waals surface area contributed by atoms with Crippen molar-refractivity contribution in [3.05, 3.63) is 78.6 Å². The number of amides is 1. The highest BCUT2D eigenvalue weighted by molar-refractivity contribution is 5.96. The number of pyridine rings is 2. The van der Waals surface area contributed by atoms with Crippen molar-refractivity contribution in [2.45, 2.75) is 18.9 Å². The number of aromatic nitrogens is 2. The monoisotopic (exact) mass is 427 g/mol. The normalized spacial score (nSPS) is 16.8. The van der Waals surface area contributed by atoms with E-state index in [1.165, 1.54) is 0 Å². The minimum atomic E-state index is -0.435. The van der Waals surface area contributed by atoms with Gasteiger partial charge in [0.05, 0.1) is 12.6 Å². The number of carbonyl (C=O) groups excluding carboxylic acids is 1. The topological polar surface area (TPSA) is 82.6 Å². The van der Waals surface area contributed by atoms with Gasteiger partial charge in [-0.15, -0.1) is 0 Å². The molecule has 0 bridgehead atoms. The van der Waals surface area contributed by atoms with E-state index < -0.39 is 5.92 Å². The second-order valence-electron chi connectivity index (χ2n) is 7.50. The van der Waals surface area contributed by atoms with E-state index in [1.54, 1.807) is 31.6 Å². The van der Waals surface area contributed by atoms with E-state index >= 15 is 0 Å². The van der Waals surface area contributed by atoms with Gasteiger partial charge in [0, 0.05) is 35.5 Å². The summed E-state index contributed by atoms with van der Waals surface area (Å²) in [6.45, 7) is 1.88. The summed E-state index contributed by atoms with van der Waals surface area (Å²) in [6.07, 6.45) is 3.03. The molecule has 0 fully saturated rings. The summed E-state index contributed by atoms with van der Waals surface area (Å²) in [5, 5.41) is 3.73. The molecule has 7 nitrogen and oxygen atoms in total. The fourth-order valence-corrected chi connectivity index (χ4v) is 3.90. The van der Waals surface area contributed by atoms with Gasteiger partial charge in [0.1, 0.15) is 40.8 Å². The Balaban J connectivity index is 1.40. The van der Waals surface area contributed by atoms with Gasteiger partial charge in [0.25, 0.3) is 0 Å². The molecule has 1 amide bonds. The Morgan fingerprint density at radius 2 is 1.88 bits per heavy atom. The molecule has 0 saturated carbocycles. The lowest BCUT2D eigenvalue weighted by atomic mass is 9.95. The zero-order valence-electron chi connectivity index (χ0n) is 17.6. The van der Waals surface area contributed by atoms with E-state index in [2.05, 4.69) is 15.3 Å². The van der Waals surface area contributed by atoms with Crippen LogP contribution in [0.2, 0.25) is 0 Å². The van der Waals surface area contributed by atoms with Gasteiger partial charge in [-0.3, -0.25) is 9.78 Å². The first-order valence-electron chi connectivity index (χ1n) is 10.3. The molecule has 1 aliphatic heterocycles. The van der Waals surface area contributed by atoms with E-state index in [1.807, 2.05) is 55.5 Å². The maximum Gasteiger partial charge on any atom is 0.236 e. The van der Waals surface area contributed by atoms with E-state index in [9.17, 15) is 4.79 Å². The lowest BCUT2D eigenvalue weighted by Crippen LogP contribution is -2.28. The Bertz CT molecular complexity index is 1290. The van der Waals surface area contributed by atoms with Crippen molar-refractivity contribution in [3.8, 4) is 23.0 Å². The molecule has 0 radical (unpaired) electrons. The summed E-state index contributed by atoms with van der Waals surface area (Å²) in [4.78, 5) is 21.4. The molecule has 4 aromatic rings. The zero-order valence-corrected chi connectivity index (χ0v) is 17.6. The van der Waals surface area contributed by atoms with E-state index in [-0.39, 0.29) is 12.0 Å². The molecule has 5 rings (SSSR count). The SMILES string of the molecule is COc1ccc2c(Oc3ccc4c(c3)OC(C)C4C(=O)Nc3ccccn3)ccnc2c1. The Hall–Kier alpha value is -4.13. The van der Waals surface area contributed by atoms with E-state index in [4.69, 9.17) is 14.2 Å². The molecule has 2 unspecified atom stereocenters. The average Bonchev–Trinajstić information content (AvgIpc) is 3.14. The number of ether oxygens (including phenoxy) is 3. The molecule has 2 aromatic carbocycles. The summed E-state index contributed by atoms with van der Waals surface area (Å²) in [7, 11) is 1.62. The largest absolute Gasteiger partial charge is 0.497 e. The van der Waals surface area contributed by atoms with Crippen LogP contribution >= 0.6 is 0 Å². The molecular formula is C25H21N3O4. The van der Waals surface area contributed by atoms with Crippen molar-refractivity contribution < 1.29 is 19.0 Å². The molecule has 160 valence electrons. The van der Waals surface area contributed by atoms with Crippen LogP contribution in [0.1, 0.15) is 18.4 Å². The Morgan fingerprint density at radius 3 is 2.69 bits per heavy atom. The summed E-state index contributed by atoms with van der Waals surface area (Å²) < 4.78 is 17.4. The first-order chi connectivity index (χ1) is 15.6. The minimum Gasteiger partial charge on any atom is -0.497 e. The lowest BCUT2D eigenvalue weighted by molar-refractivity contribution is -0.118. The van der Waals surface area contributed by atoms with Crippen LogP contribution in [0, 0.1) is 0 Å². The van der Waals surface area contributed by atoms with Crippen molar-refractivity contribution in [2.24, 2.45) is 0 Å². The first-order valence-corrected chi connectivity index (χ1v) is 10.3.